The van der Waals surface area contributed by atoms with Gasteiger partial charge in [0.1, 0.15) is 11.6 Å². The molecule has 2 aromatic carbocycles. The summed E-state index contributed by atoms with van der Waals surface area (Å²) in [4.78, 5) is 4.21. The van der Waals surface area contributed by atoms with Crippen molar-refractivity contribution in [3.05, 3.63) is 65.0 Å². The molecule has 4 nitrogen and oxygen atoms in total. The number of nitrogens with zero attached hydrogens (tertiary/aromatic N) is 1. The second kappa shape index (κ2) is 10.9. The van der Waals surface area contributed by atoms with Crippen LogP contribution in [0.1, 0.15) is 23.6 Å². The fraction of sp³-hybridized carbons (Fsp3) is 0.316. The van der Waals surface area contributed by atoms with Crippen LogP contribution >= 0.6 is 24.0 Å². The Bertz CT molecular complexity index is 690. The molecule has 0 aromatic heterocycles. The Morgan fingerprint density at radius 1 is 1.08 bits per heavy atom. The zero-order chi connectivity index (χ0) is 17.4. The first-order chi connectivity index (χ1) is 11.6. The number of rotatable bonds is 6. The van der Waals surface area contributed by atoms with Crippen molar-refractivity contribution in [2.75, 3.05) is 13.7 Å². The van der Waals surface area contributed by atoms with Crippen molar-refractivity contribution in [2.45, 2.75) is 26.9 Å². The molecule has 0 aliphatic rings. The number of aryl methyl sites for hydroxylation is 1. The molecule has 2 aromatic rings. The molecule has 0 bridgehead atoms. The first kappa shape index (κ1) is 21.2. The van der Waals surface area contributed by atoms with E-state index in [1.807, 2.05) is 19.9 Å². The molecule has 25 heavy (non-hydrogen) atoms. The monoisotopic (exact) mass is 457 g/mol. The van der Waals surface area contributed by atoms with Crippen LogP contribution < -0.4 is 15.4 Å². The molecule has 2 rings (SSSR count). The SMILES string of the molecule is CCOc1cc(C)ccc1CNC(=NC)NCc1ccc(F)cc1.I. The van der Waals surface area contributed by atoms with Crippen LogP contribution in [0.4, 0.5) is 4.39 Å². The summed E-state index contributed by atoms with van der Waals surface area (Å²) in [6.07, 6.45) is 0. The zero-order valence-electron chi connectivity index (χ0n) is 14.8. The van der Waals surface area contributed by atoms with E-state index in [9.17, 15) is 4.39 Å². The Morgan fingerprint density at radius 2 is 1.76 bits per heavy atom. The average molecular weight is 457 g/mol. The Labute approximate surface area is 165 Å². The number of hydrogen-bond acceptors (Lipinski definition) is 2. The van der Waals surface area contributed by atoms with Gasteiger partial charge in [-0.05, 0) is 43.2 Å². The molecular formula is C19H25FIN3O. The van der Waals surface area contributed by atoms with Crippen molar-refractivity contribution in [3.63, 3.8) is 0 Å². The van der Waals surface area contributed by atoms with Crippen molar-refractivity contribution in [3.8, 4) is 5.75 Å². The molecule has 0 aliphatic heterocycles. The van der Waals surface area contributed by atoms with E-state index in [1.54, 1.807) is 19.2 Å². The second-order valence-electron chi connectivity index (χ2n) is 5.45. The van der Waals surface area contributed by atoms with E-state index in [-0.39, 0.29) is 29.8 Å². The summed E-state index contributed by atoms with van der Waals surface area (Å²) in [6, 6.07) is 12.6. The lowest BCUT2D eigenvalue weighted by atomic mass is 10.1. The van der Waals surface area contributed by atoms with Gasteiger partial charge in [-0.25, -0.2) is 4.39 Å². The van der Waals surface area contributed by atoms with Crippen molar-refractivity contribution < 1.29 is 9.13 Å². The lowest BCUT2D eigenvalue weighted by molar-refractivity contribution is 0.336. The predicted octanol–water partition coefficient (Wildman–Crippen LogP) is 4.02. The van der Waals surface area contributed by atoms with E-state index >= 15 is 0 Å². The summed E-state index contributed by atoms with van der Waals surface area (Å²) in [7, 11) is 1.72. The Morgan fingerprint density at radius 3 is 2.40 bits per heavy atom. The third kappa shape index (κ3) is 6.89. The van der Waals surface area contributed by atoms with E-state index < -0.39 is 0 Å². The third-order valence-corrected chi connectivity index (χ3v) is 3.57. The number of guanidine groups is 1. The standard InChI is InChI=1S/C19H24FN3O.HI/c1-4-24-18-11-14(2)5-8-16(18)13-23-19(21-3)22-12-15-6-9-17(20)10-7-15;/h5-11H,4,12-13H2,1-3H3,(H2,21,22,23);1H. The quantitative estimate of drug-likeness (QED) is 0.392. The average Bonchev–Trinajstić information content (AvgIpc) is 2.58. The normalized spacial score (nSPS) is 10.8. The molecule has 0 saturated heterocycles. The fourth-order valence-corrected chi connectivity index (χ4v) is 2.29. The largest absolute Gasteiger partial charge is 0.494 e. The smallest absolute Gasteiger partial charge is 0.191 e. The van der Waals surface area contributed by atoms with E-state index in [2.05, 4.69) is 27.8 Å². The van der Waals surface area contributed by atoms with Gasteiger partial charge in [0, 0.05) is 25.7 Å². The highest BCUT2D eigenvalue weighted by molar-refractivity contribution is 14.0. The minimum atomic E-state index is -0.232. The molecule has 0 aliphatic carbocycles. The van der Waals surface area contributed by atoms with Crippen LogP contribution in [0.3, 0.4) is 0 Å². The van der Waals surface area contributed by atoms with Crippen molar-refractivity contribution >= 4 is 29.9 Å². The molecule has 0 heterocycles. The van der Waals surface area contributed by atoms with Crippen molar-refractivity contribution in [2.24, 2.45) is 4.99 Å². The fourth-order valence-electron chi connectivity index (χ4n) is 2.29. The summed E-state index contributed by atoms with van der Waals surface area (Å²) in [5.41, 5.74) is 3.23. The van der Waals surface area contributed by atoms with Crippen LogP contribution in [-0.4, -0.2) is 19.6 Å². The maximum absolute atomic E-state index is 12.9. The second-order valence-corrected chi connectivity index (χ2v) is 5.45. The van der Waals surface area contributed by atoms with Crippen LogP contribution in [0.25, 0.3) is 0 Å². The minimum absolute atomic E-state index is 0. The first-order valence-corrected chi connectivity index (χ1v) is 8.03. The molecule has 0 spiro atoms. The number of benzene rings is 2. The van der Waals surface area contributed by atoms with E-state index in [0.717, 1.165) is 16.9 Å². The van der Waals surface area contributed by atoms with Gasteiger partial charge < -0.3 is 15.4 Å². The zero-order valence-corrected chi connectivity index (χ0v) is 17.1. The number of nitrogens with one attached hydrogen (secondary N) is 2. The van der Waals surface area contributed by atoms with E-state index in [0.29, 0.717) is 25.7 Å². The highest BCUT2D eigenvalue weighted by Crippen LogP contribution is 2.20. The van der Waals surface area contributed by atoms with Gasteiger partial charge in [-0.1, -0.05) is 24.3 Å². The van der Waals surface area contributed by atoms with Crippen LogP contribution in [0.2, 0.25) is 0 Å². The number of halogens is 2. The molecule has 6 heteroatoms. The third-order valence-electron chi connectivity index (χ3n) is 3.57. The van der Waals surface area contributed by atoms with Gasteiger partial charge in [-0.15, -0.1) is 24.0 Å². The Balaban J connectivity index is 0.00000312. The Kier molecular flexibility index (Phi) is 9.26. The maximum Gasteiger partial charge on any atom is 0.191 e. The van der Waals surface area contributed by atoms with Crippen molar-refractivity contribution in [1.29, 1.82) is 0 Å². The highest BCUT2D eigenvalue weighted by atomic mass is 127. The van der Waals surface area contributed by atoms with Gasteiger partial charge in [-0.3, -0.25) is 4.99 Å². The topological polar surface area (TPSA) is 45.6 Å². The molecule has 0 amide bonds. The van der Waals surface area contributed by atoms with Gasteiger partial charge in [0.2, 0.25) is 0 Å². The molecule has 0 saturated carbocycles. The highest BCUT2D eigenvalue weighted by Gasteiger charge is 2.05. The summed E-state index contributed by atoms with van der Waals surface area (Å²) in [5, 5.41) is 6.48. The lowest BCUT2D eigenvalue weighted by Gasteiger charge is -2.15. The Hall–Kier alpha value is -1.83. The molecule has 0 fully saturated rings. The van der Waals surface area contributed by atoms with Crippen LogP contribution in [0, 0.1) is 12.7 Å². The van der Waals surface area contributed by atoms with Gasteiger partial charge >= 0.3 is 0 Å². The molecule has 2 N–H and O–H groups in total. The van der Waals surface area contributed by atoms with Crippen LogP contribution in [0.5, 0.6) is 5.75 Å². The van der Waals surface area contributed by atoms with Gasteiger partial charge in [0.05, 0.1) is 6.61 Å². The van der Waals surface area contributed by atoms with Gasteiger partial charge in [-0.2, -0.15) is 0 Å². The molecule has 0 radical (unpaired) electrons. The summed E-state index contributed by atoms with van der Waals surface area (Å²) in [6.45, 7) is 5.84. The molecule has 0 atom stereocenters. The number of aliphatic imine (C=N–C) groups is 1. The van der Waals surface area contributed by atoms with Crippen LogP contribution in [-0.2, 0) is 13.1 Å². The van der Waals surface area contributed by atoms with E-state index in [1.165, 1.54) is 17.7 Å². The summed E-state index contributed by atoms with van der Waals surface area (Å²) < 4.78 is 18.6. The van der Waals surface area contributed by atoms with E-state index in [4.69, 9.17) is 4.74 Å². The van der Waals surface area contributed by atoms with Crippen LogP contribution in [0.15, 0.2) is 47.5 Å². The molecule has 0 unspecified atom stereocenters. The van der Waals surface area contributed by atoms with Crippen molar-refractivity contribution in [1.82, 2.24) is 10.6 Å². The number of hydrogen-bond donors (Lipinski definition) is 2. The minimum Gasteiger partial charge on any atom is -0.494 e. The molecular weight excluding hydrogens is 432 g/mol. The van der Waals surface area contributed by atoms with Gasteiger partial charge in [0.25, 0.3) is 0 Å². The maximum atomic E-state index is 12.9. The summed E-state index contributed by atoms with van der Waals surface area (Å²) in [5.74, 6) is 1.34. The predicted molar refractivity (Wildman–Crippen MR) is 111 cm³/mol. The molecule has 136 valence electrons. The first-order valence-electron chi connectivity index (χ1n) is 8.03. The lowest BCUT2D eigenvalue weighted by Crippen LogP contribution is -2.36. The summed E-state index contributed by atoms with van der Waals surface area (Å²) >= 11 is 0. The number of ether oxygens (including phenoxy) is 1. The van der Waals surface area contributed by atoms with Gasteiger partial charge in [0.15, 0.2) is 5.96 Å².